The Balaban J connectivity index is 1.65. The molecule has 0 saturated carbocycles. The van der Waals surface area contributed by atoms with Crippen molar-refractivity contribution in [3.8, 4) is 0 Å². The van der Waals surface area contributed by atoms with E-state index in [1.165, 1.54) is 0 Å². The molecule has 1 amide bonds. The molecule has 3 aliphatic rings. The highest BCUT2D eigenvalue weighted by Gasteiger charge is 2.45. The monoisotopic (exact) mass is 252 g/mol. The van der Waals surface area contributed by atoms with Gasteiger partial charge in [0.15, 0.2) is 0 Å². The summed E-state index contributed by atoms with van der Waals surface area (Å²) in [5.41, 5.74) is 0. The maximum Gasteiger partial charge on any atom is 0.303 e. The topological polar surface area (TPSA) is 69.6 Å². The van der Waals surface area contributed by atoms with Crippen LogP contribution in [0.25, 0.3) is 0 Å². The summed E-state index contributed by atoms with van der Waals surface area (Å²) in [6.07, 6.45) is 4.16. The summed E-state index contributed by atoms with van der Waals surface area (Å²) in [4.78, 5) is 25.2. The first-order chi connectivity index (χ1) is 8.65. The molecule has 0 radical (unpaired) electrons. The Morgan fingerprint density at radius 3 is 2.22 bits per heavy atom. The van der Waals surface area contributed by atoms with Crippen molar-refractivity contribution in [3.63, 3.8) is 0 Å². The van der Waals surface area contributed by atoms with Crippen LogP contribution in [0.4, 0.5) is 0 Å². The molecule has 100 valence electrons. The summed E-state index contributed by atoms with van der Waals surface area (Å²) in [6, 6.07) is 0.613. The number of carbonyl (C=O) groups is 2. The van der Waals surface area contributed by atoms with Gasteiger partial charge in [-0.1, -0.05) is 0 Å². The molecular weight excluding hydrogens is 232 g/mol. The summed E-state index contributed by atoms with van der Waals surface area (Å²) < 4.78 is 0. The van der Waals surface area contributed by atoms with Crippen molar-refractivity contribution >= 4 is 11.9 Å². The number of rotatable bonds is 3. The van der Waals surface area contributed by atoms with Crippen LogP contribution < -0.4 is 5.32 Å². The summed E-state index contributed by atoms with van der Waals surface area (Å²) in [5.74, 6) is 0.0325. The van der Waals surface area contributed by atoms with Crippen molar-refractivity contribution in [3.05, 3.63) is 0 Å². The molecule has 3 rings (SSSR count). The number of hydrogen-bond acceptors (Lipinski definition) is 3. The molecule has 2 bridgehead atoms. The van der Waals surface area contributed by atoms with Gasteiger partial charge in [-0.05, 0) is 31.6 Å². The van der Waals surface area contributed by atoms with E-state index in [1.807, 2.05) is 0 Å². The first-order valence-corrected chi connectivity index (χ1v) is 6.90. The van der Waals surface area contributed by atoms with E-state index in [4.69, 9.17) is 5.11 Å². The number of nitrogens with zero attached hydrogens (tertiary/aromatic N) is 1. The minimum atomic E-state index is -0.706. The molecule has 0 aromatic heterocycles. The van der Waals surface area contributed by atoms with Crippen LogP contribution in [0.3, 0.4) is 0 Å². The molecule has 5 nitrogen and oxygen atoms in total. The Morgan fingerprint density at radius 2 is 1.78 bits per heavy atom. The van der Waals surface area contributed by atoms with Crippen molar-refractivity contribution in [1.82, 2.24) is 10.2 Å². The fourth-order valence-electron chi connectivity index (χ4n) is 3.74. The highest BCUT2D eigenvalue weighted by Crippen LogP contribution is 2.40. The molecule has 18 heavy (non-hydrogen) atoms. The quantitative estimate of drug-likeness (QED) is 0.765. The second-order valence-electron chi connectivity index (χ2n) is 5.92. The third kappa shape index (κ3) is 2.00. The minimum Gasteiger partial charge on any atom is -0.481 e. The molecule has 0 aliphatic carbocycles. The highest BCUT2D eigenvalue weighted by molar-refractivity contribution is 5.81. The molecule has 2 unspecified atom stereocenters. The van der Waals surface area contributed by atoms with Gasteiger partial charge < -0.3 is 15.3 Å². The third-order valence-corrected chi connectivity index (χ3v) is 4.68. The molecule has 2 atom stereocenters. The van der Waals surface area contributed by atoms with E-state index in [1.54, 1.807) is 0 Å². The van der Waals surface area contributed by atoms with Gasteiger partial charge in [-0.15, -0.1) is 0 Å². The van der Waals surface area contributed by atoms with E-state index in [2.05, 4.69) is 10.2 Å². The van der Waals surface area contributed by atoms with Crippen molar-refractivity contribution in [1.29, 1.82) is 0 Å². The zero-order chi connectivity index (χ0) is 12.7. The molecule has 0 aromatic carbocycles. The minimum absolute atomic E-state index is 0.170. The van der Waals surface area contributed by atoms with Gasteiger partial charge in [-0.3, -0.25) is 9.59 Å². The van der Waals surface area contributed by atoms with E-state index in [-0.39, 0.29) is 18.3 Å². The summed E-state index contributed by atoms with van der Waals surface area (Å²) in [6.45, 7) is 1.63. The van der Waals surface area contributed by atoms with Crippen LogP contribution in [-0.4, -0.2) is 47.1 Å². The van der Waals surface area contributed by atoms with Crippen LogP contribution in [0.2, 0.25) is 0 Å². The number of amides is 1. The second kappa shape index (κ2) is 4.53. The molecule has 3 aliphatic heterocycles. The fourth-order valence-corrected chi connectivity index (χ4v) is 3.74. The largest absolute Gasteiger partial charge is 0.481 e. The lowest BCUT2D eigenvalue weighted by Gasteiger charge is -2.42. The van der Waals surface area contributed by atoms with Crippen molar-refractivity contribution in [2.45, 2.75) is 44.2 Å². The van der Waals surface area contributed by atoms with Gasteiger partial charge in [-0.25, -0.2) is 0 Å². The van der Waals surface area contributed by atoms with Crippen LogP contribution in [-0.2, 0) is 9.59 Å². The van der Waals surface area contributed by atoms with Gasteiger partial charge in [0.2, 0.25) is 5.91 Å². The molecule has 0 spiro atoms. The SMILES string of the molecule is O=C(O)CC1CC2CCC(C1)N2C(=O)C1CNC1. The number of carboxylic acid groups (broad SMARTS) is 1. The van der Waals surface area contributed by atoms with Crippen LogP contribution in [0.5, 0.6) is 0 Å². The van der Waals surface area contributed by atoms with Gasteiger partial charge in [0.05, 0.1) is 5.92 Å². The Morgan fingerprint density at radius 1 is 1.17 bits per heavy atom. The maximum atomic E-state index is 12.3. The second-order valence-corrected chi connectivity index (χ2v) is 5.92. The average molecular weight is 252 g/mol. The molecule has 3 heterocycles. The zero-order valence-electron chi connectivity index (χ0n) is 10.5. The molecule has 0 aromatic rings. The number of nitrogens with one attached hydrogen (secondary N) is 1. The predicted octanol–water partition coefficient (Wildman–Crippen LogP) is 0.450. The highest BCUT2D eigenvalue weighted by atomic mass is 16.4. The van der Waals surface area contributed by atoms with Gasteiger partial charge in [-0.2, -0.15) is 0 Å². The van der Waals surface area contributed by atoms with Gasteiger partial charge in [0, 0.05) is 31.6 Å². The number of aliphatic carboxylic acids is 1. The number of fused-ring (bicyclic) bond motifs is 2. The van der Waals surface area contributed by atoms with Crippen molar-refractivity contribution in [2.24, 2.45) is 11.8 Å². The number of carboxylic acids is 1. The number of carbonyl (C=O) groups excluding carboxylic acids is 1. The van der Waals surface area contributed by atoms with Gasteiger partial charge >= 0.3 is 5.97 Å². The zero-order valence-corrected chi connectivity index (χ0v) is 10.5. The van der Waals surface area contributed by atoms with E-state index < -0.39 is 5.97 Å². The Bertz CT molecular complexity index is 353. The van der Waals surface area contributed by atoms with Gasteiger partial charge in [0.1, 0.15) is 0 Å². The number of hydrogen-bond donors (Lipinski definition) is 2. The molecule has 5 heteroatoms. The molecular formula is C13H20N2O3. The van der Waals surface area contributed by atoms with Crippen LogP contribution in [0, 0.1) is 11.8 Å². The van der Waals surface area contributed by atoms with Crippen molar-refractivity contribution < 1.29 is 14.7 Å². The van der Waals surface area contributed by atoms with E-state index in [0.717, 1.165) is 38.8 Å². The van der Waals surface area contributed by atoms with Gasteiger partial charge in [0.25, 0.3) is 0 Å². The van der Waals surface area contributed by atoms with Crippen LogP contribution >= 0.6 is 0 Å². The normalized spacial score (nSPS) is 35.3. The fraction of sp³-hybridized carbons (Fsp3) is 0.846. The van der Waals surface area contributed by atoms with Crippen molar-refractivity contribution in [2.75, 3.05) is 13.1 Å². The first-order valence-electron chi connectivity index (χ1n) is 6.90. The van der Waals surface area contributed by atoms with E-state index in [9.17, 15) is 9.59 Å². The molecule has 2 N–H and O–H groups in total. The van der Waals surface area contributed by atoms with E-state index >= 15 is 0 Å². The summed E-state index contributed by atoms with van der Waals surface area (Å²) in [5, 5.41) is 12.0. The van der Waals surface area contributed by atoms with Crippen LogP contribution in [0.15, 0.2) is 0 Å². The lowest BCUT2D eigenvalue weighted by atomic mass is 9.87. The summed E-state index contributed by atoms with van der Waals surface area (Å²) in [7, 11) is 0. The standard InChI is InChI=1S/C13H20N2O3/c16-12(17)5-8-3-10-1-2-11(4-8)15(10)13(18)9-6-14-7-9/h8-11,14H,1-7H2,(H,16,17). The third-order valence-electron chi connectivity index (χ3n) is 4.68. The Hall–Kier alpha value is -1.10. The maximum absolute atomic E-state index is 12.3. The van der Waals surface area contributed by atoms with E-state index in [0.29, 0.717) is 18.0 Å². The summed E-state index contributed by atoms with van der Waals surface area (Å²) >= 11 is 0. The molecule has 3 saturated heterocycles. The predicted molar refractivity (Wildman–Crippen MR) is 65.0 cm³/mol. The Kier molecular flexibility index (Phi) is 3.01. The first kappa shape index (κ1) is 12.0. The van der Waals surface area contributed by atoms with Crippen LogP contribution in [0.1, 0.15) is 32.1 Å². The Labute approximate surface area is 107 Å². The average Bonchev–Trinajstić information content (AvgIpc) is 2.47. The molecule has 3 fully saturated rings. The number of piperidine rings is 1. The lowest BCUT2D eigenvalue weighted by Crippen LogP contribution is -2.56. The smallest absolute Gasteiger partial charge is 0.303 e. The lowest BCUT2D eigenvalue weighted by molar-refractivity contribution is -0.143.